The molecule has 1 rings (SSSR count). The minimum Gasteiger partial charge on any atom is -0.447 e. The first-order valence-corrected chi connectivity index (χ1v) is 5.79. The van der Waals surface area contributed by atoms with Crippen molar-refractivity contribution in [1.82, 2.24) is 5.32 Å². The normalized spacial score (nSPS) is 11.9. The van der Waals surface area contributed by atoms with Crippen molar-refractivity contribution < 1.29 is 14.3 Å². The quantitative estimate of drug-likeness (QED) is 0.824. The van der Waals surface area contributed by atoms with Crippen LogP contribution < -0.4 is 11.1 Å². The van der Waals surface area contributed by atoms with Crippen LogP contribution in [0.5, 0.6) is 0 Å². The molecule has 0 aromatic heterocycles. The summed E-state index contributed by atoms with van der Waals surface area (Å²) in [4.78, 5) is 22.7. The van der Waals surface area contributed by atoms with Gasteiger partial charge in [-0.2, -0.15) is 0 Å². The molecule has 0 aliphatic carbocycles. The number of carbonyl (C=O) groups excluding carboxylic acids is 2. The average Bonchev–Trinajstić information content (AvgIpc) is 2.28. The summed E-state index contributed by atoms with van der Waals surface area (Å²) >= 11 is 0. The Bertz CT molecular complexity index is 404. The molecule has 98 valence electrons. The second-order valence-electron chi connectivity index (χ2n) is 4.24. The lowest BCUT2D eigenvalue weighted by molar-refractivity contribution is -0.119. The maximum Gasteiger partial charge on any atom is 0.408 e. The summed E-state index contributed by atoms with van der Waals surface area (Å²) in [5.41, 5.74) is 6.18. The number of carbonyl (C=O) groups is 2. The van der Waals surface area contributed by atoms with E-state index in [2.05, 4.69) is 5.32 Å². The maximum atomic E-state index is 11.4. The molecule has 0 unspecified atom stereocenters. The van der Waals surface area contributed by atoms with Gasteiger partial charge in [-0.3, -0.25) is 4.79 Å². The predicted octanol–water partition coefficient (Wildman–Crippen LogP) is 1.22. The Kier molecular flexibility index (Phi) is 5.17. The third kappa shape index (κ3) is 4.86. The summed E-state index contributed by atoms with van der Waals surface area (Å²) in [6.07, 6.45) is -0.524. The number of nitrogens with one attached hydrogen (secondary N) is 1. The van der Waals surface area contributed by atoms with Crippen molar-refractivity contribution in [2.45, 2.75) is 32.4 Å². The number of amides is 2. The zero-order valence-electron chi connectivity index (χ0n) is 10.6. The summed E-state index contributed by atoms with van der Waals surface area (Å²) in [7, 11) is 0. The molecule has 0 radical (unpaired) electrons. The predicted molar refractivity (Wildman–Crippen MR) is 67.9 cm³/mol. The van der Waals surface area contributed by atoms with E-state index in [-0.39, 0.29) is 6.10 Å². The Labute approximate surface area is 106 Å². The summed E-state index contributed by atoms with van der Waals surface area (Å²) < 4.78 is 4.91. The van der Waals surface area contributed by atoms with Gasteiger partial charge in [0.1, 0.15) is 6.04 Å². The molecule has 3 N–H and O–H groups in total. The molecule has 0 fully saturated rings. The van der Waals surface area contributed by atoms with Crippen molar-refractivity contribution in [3.05, 3.63) is 35.9 Å². The highest BCUT2D eigenvalue weighted by Gasteiger charge is 2.19. The molecular formula is C13H18N2O3. The van der Waals surface area contributed by atoms with Crippen LogP contribution in [-0.4, -0.2) is 24.1 Å². The van der Waals surface area contributed by atoms with Crippen LogP contribution >= 0.6 is 0 Å². The van der Waals surface area contributed by atoms with Crippen LogP contribution in [0.1, 0.15) is 19.4 Å². The highest BCUT2D eigenvalue weighted by Crippen LogP contribution is 2.03. The Morgan fingerprint density at radius 2 is 1.89 bits per heavy atom. The van der Waals surface area contributed by atoms with E-state index in [9.17, 15) is 9.59 Å². The second-order valence-corrected chi connectivity index (χ2v) is 4.24. The van der Waals surface area contributed by atoms with Crippen molar-refractivity contribution in [3.63, 3.8) is 0 Å². The molecule has 1 atom stereocenters. The van der Waals surface area contributed by atoms with Gasteiger partial charge in [0.25, 0.3) is 0 Å². The van der Waals surface area contributed by atoms with E-state index in [0.717, 1.165) is 5.56 Å². The lowest BCUT2D eigenvalue weighted by atomic mass is 10.1. The first kappa shape index (κ1) is 14.0. The smallest absolute Gasteiger partial charge is 0.408 e. The Hall–Kier alpha value is -2.04. The topological polar surface area (TPSA) is 81.4 Å². The molecule has 1 aromatic rings. The summed E-state index contributed by atoms with van der Waals surface area (Å²) in [5.74, 6) is -0.584. The van der Waals surface area contributed by atoms with Gasteiger partial charge >= 0.3 is 6.09 Å². The fourth-order valence-electron chi connectivity index (χ4n) is 1.46. The first-order valence-electron chi connectivity index (χ1n) is 5.79. The van der Waals surface area contributed by atoms with Crippen LogP contribution in [0.2, 0.25) is 0 Å². The van der Waals surface area contributed by atoms with Gasteiger partial charge in [0.05, 0.1) is 6.10 Å². The number of hydrogen-bond acceptors (Lipinski definition) is 3. The molecular weight excluding hydrogens is 232 g/mol. The number of ether oxygens (including phenoxy) is 1. The molecule has 5 nitrogen and oxygen atoms in total. The van der Waals surface area contributed by atoms with Crippen LogP contribution in [-0.2, 0) is 16.0 Å². The van der Waals surface area contributed by atoms with Crippen molar-refractivity contribution in [2.75, 3.05) is 0 Å². The van der Waals surface area contributed by atoms with Gasteiger partial charge in [-0.25, -0.2) is 4.79 Å². The molecule has 0 aliphatic heterocycles. The zero-order chi connectivity index (χ0) is 13.5. The fourth-order valence-corrected chi connectivity index (χ4v) is 1.46. The highest BCUT2D eigenvalue weighted by molar-refractivity contribution is 5.84. The van der Waals surface area contributed by atoms with Crippen LogP contribution in [0.15, 0.2) is 30.3 Å². The van der Waals surface area contributed by atoms with Crippen LogP contribution in [0.3, 0.4) is 0 Å². The molecule has 2 amide bonds. The Morgan fingerprint density at radius 1 is 1.28 bits per heavy atom. The summed E-state index contributed by atoms with van der Waals surface area (Å²) in [5, 5.41) is 2.46. The lowest BCUT2D eigenvalue weighted by Crippen LogP contribution is -2.46. The van der Waals surface area contributed by atoms with Gasteiger partial charge in [0.15, 0.2) is 0 Å². The average molecular weight is 250 g/mol. The number of rotatable bonds is 5. The van der Waals surface area contributed by atoms with Crippen LogP contribution in [0.25, 0.3) is 0 Å². The molecule has 0 saturated carbocycles. The minimum atomic E-state index is -0.765. The molecule has 0 aliphatic rings. The number of alkyl carbamates (subject to hydrolysis) is 1. The zero-order valence-corrected chi connectivity index (χ0v) is 10.6. The van der Waals surface area contributed by atoms with Crippen LogP contribution in [0.4, 0.5) is 4.79 Å². The van der Waals surface area contributed by atoms with E-state index in [1.165, 1.54) is 0 Å². The van der Waals surface area contributed by atoms with E-state index in [4.69, 9.17) is 10.5 Å². The molecule has 1 aromatic carbocycles. The van der Waals surface area contributed by atoms with E-state index < -0.39 is 18.0 Å². The molecule has 0 bridgehead atoms. The number of hydrogen-bond donors (Lipinski definition) is 2. The van der Waals surface area contributed by atoms with E-state index >= 15 is 0 Å². The van der Waals surface area contributed by atoms with Gasteiger partial charge < -0.3 is 15.8 Å². The molecule has 5 heteroatoms. The maximum absolute atomic E-state index is 11.4. The van der Waals surface area contributed by atoms with Gasteiger partial charge in [0.2, 0.25) is 5.91 Å². The summed E-state index contributed by atoms with van der Waals surface area (Å²) in [6, 6.07) is 8.57. The van der Waals surface area contributed by atoms with E-state index in [1.807, 2.05) is 30.3 Å². The van der Waals surface area contributed by atoms with E-state index in [0.29, 0.717) is 6.42 Å². The first-order chi connectivity index (χ1) is 8.49. The number of benzene rings is 1. The Balaban J connectivity index is 2.61. The minimum absolute atomic E-state index is 0.241. The SMILES string of the molecule is CC(C)OC(=O)N[C@@H](Cc1ccccc1)C(N)=O. The van der Waals surface area contributed by atoms with Crippen molar-refractivity contribution in [1.29, 1.82) is 0 Å². The monoisotopic (exact) mass is 250 g/mol. The third-order valence-electron chi connectivity index (χ3n) is 2.26. The number of primary amides is 1. The highest BCUT2D eigenvalue weighted by atomic mass is 16.6. The standard InChI is InChI=1S/C13H18N2O3/c1-9(2)18-13(17)15-11(12(14)16)8-10-6-4-3-5-7-10/h3-7,9,11H,8H2,1-2H3,(H2,14,16)(H,15,17)/t11-/m0/s1. The van der Waals surface area contributed by atoms with Crippen molar-refractivity contribution in [3.8, 4) is 0 Å². The Morgan fingerprint density at radius 3 is 2.39 bits per heavy atom. The van der Waals surface area contributed by atoms with E-state index in [1.54, 1.807) is 13.8 Å². The molecule has 0 saturated heterocycles. The van der Waals surface area contributed by atoms with Crippen LogP contribution in [0, 0.1) is 0 Å². The summed E-state index contributed by atoms with van der Waals surface area (Å²) in [6.45, 7) is 3.46. The largest absolute Gasteiger partial charge is 0.447 e. The van der Waals surface area contributed by atoms with Gasteiger partial charge in [0, 0.05) is 6.42 Å². The second kappa shape index (κ2) is 6.64. The van der Waals surface area contributed by atoms with Gasteiger partial charge in [-0.05, 0) is 19.4 Å². The number of nitrogens with two attached hydrogens (primary N) is 1. The van der Waals surface area contributed by atoms with Crippen molar-refractivity contribution >= 4 is 12.0 Å². The van der Waals surface area contributed by atoms with Gasteiger partial charge in [-0.1, -0.05) is 30.3 Å². The molecule has 0 heterocycles. The fraction of sp³-hybridized carbons (Fsp3) is 0.385. The van der Waals surface area contributed by atoms with Gasteiger partial charge in [-0.15, -0.1) is 0 Å². The lowest BCUT2D eigenvalue weighted by Gasteiger charge is -2.16. The van der Waals surface area contributed by atoms with Crippen molar-refractivity contribution in [2.24, 2.45) is 5.73 Å². The third-order valence-corrected chi connectivity index (χ3v) is 2.26. The molecule has 0 spiro atoms. The molecule has 18 heavy (non-hydrogen) atoms.